The molecule has 0 saturated heterocycles. The van der Waals surface area contributed by atoms with Crippen molar-refractivity contribution in [1.29, 1.82) is 0 Å². The minimum absolute atomic E-state index is 0.0139. The van der Waals surface area contributed by atoms with Crippen LogP contribution < -0.4 is 10.6 Å². The molecule has 2 aromatic carbocycles. The number of hydrogen-bond donors (Lipinski definition) is 1. The van der Waals surface area contributed by atoms with Crippen LogP contribution in [0.15, 0.2) is 42.5 Å². The number of carbonyl (C=O) groups excluding carboxylic acids is 2. The first kappa shape index (κ1) is 20.5. The van der Waals surface area contributed by atoms with Gasteiger partial charge in [0.15, 0.2) is 5.82 Å². The van der Waals surface area contributed by atoms with Crippen LogP contribution in [0, 0.1) is 13.8 Å². The molecule has 0 atom stereocenters. The second-order valence-corrected chi connectivity index (χ2v) is 7.39. The summed E-state index contributed by atoms with van der Waals surface area (Å²) < 4.78 is 40.0. The van der Waals surface area contributed by atoms with Crippen molar-refractivity contribution in [3.8, 4) is 11.4 Å². The number of benzene rings is 2. The number of anilines is 2. The third kappa shape index (κ3) is 3.74. The van der Waals surface area contributed by atoms with Crippen LogP contribution in [-0.2, 0) is 17.4 Å². The van der Waals surface area contributed by atoms with Gasteiger partial charge in [0.1, 0.15) is 11.5 Å². The van der Waals surface area contributed by atoms with Gasteiger partial charge in [0.05, 0.1) is 17.7 Å². The lowest BCUT2D eigenvalue weighted by Crippen LogP contribution is -2.22. The summed E-state index contributed by atoms with van der Waals surface area (Å²) >= 11 is 0. The summed E-state index contributed by atoms with van der Waals surface area (Å²) in [6.07, 6.45) is -4.82. The molecule has 2 amide bonds. The topological polar surface area (TPSA) is 89.2 Å². The molecule has 0 radical (unpaired) electrons. The Hall–Kier alpha value is -3.75. The van der Waals surface area contributed by atoms with E-state index < -0.39 is 23.6 Å². The van der Waals surface area contributed by atoms with Gasteiger partial charge in [-0.2, -0.15) is 13.2 Å². The van der Waals surface area contributed by atoms with Crippen LogP contribution in [-0.4, -0.2) is 21.8 Å². The maximum Gasteiger partial charge on any atom is 0.416 e. The zero-order valence-electron chi connectivity index (χ0n) is 16.6. The van der Waals surface area contributed by atoms with E-state index in [2.05, 4.69) is 9.97 Å². The fourth-order valence-electron chi connectivity index (χ4n) is 3.53. The van der Waals surface area contributed by atoms with Crippen molar-refractivity contribution in [2.24, 2.45) is 5.73 Å². The van der Waals surface area contributed by atoms with E-state index in [-0.39, 0.29) is 35.0 Å². The summed E-state index contributed by atoms with van der Waals surface area (Å²) in [5, 5.41) is 0. The van der Waals surface area contributed by atoms with Crippen molar-refractivity contribution in [2.75, 3.05) is 4.90 Å². The molecule has 31 heavy (non-hydrogen) atoms. The van der Waals surface area contributed by atoms with Crippen LogP contribution in [0.5, 0.6) is 0 Å². The summed E-state index contributed by atoms with van der Waals surface area (Å²) in [5.41, 5.74) is 6.59. The smallest absolute Gasteiger partial charge is 0.364 e. The fraction of sp³-hybridized carbons (Fsp3) is 0.182. The van der Waals surface area contributed by atoms with Gasteiger partial charge in [-0.25, -0.2) is 9.97 Å². The van der Waals surface area contributed by atoms with Crippen molar-refractivity contribution in [2.45, 2.75) is 26.4 Å². The number of rotatable bonds is 3. The van der Waals surface area contributed by atoms with E-state index in [0.717, 1.165) is 22.6 Å². The maximum absolute atomic E-state index is 13.3. The molecular weight excluding hydrogens is 409 g/mol. The van der Waals surface area contributed by atoms with Gasteiger partial charge in [-0.05, 0) is 37.6 Å². The summed E-state index contributed by atoms with van der Waals surface area (Å²) in [6.45, 7) is 3.41. The number of nitrogens with two attached hydrogens (primary N) is 1. The van der Waals surface area contributed by atoms with Crippen molar-refractivity contribution >= 4 is 23.3 Å². The average molecular weight is 426 g/mol. The molecule has 3 aromatic rings. The van der Waals surface area contributed by atoms with Crippen molar-refractivity contribution < 1.29 is 22.8 Å². The van der Waals surface area contributed by atoms with Gasteiger partial charge in [-0.1, -0.05) is 29.8 Å². The molecule has 1 aliphatic heterocycles. The fourth-order valence-corrected chi connectivity index (χ4v) is 3.53. The molecule has 0 fully saturated rings. The van der Waals surface area contributed by atoms with E-state index in [1.54, 1.807) is 12.1 Å². The first-order valence-electron chi connectivity index (χ1n) is 9.34. The molecule has 0 unspecified atom stereocenters. The molecular formula is C22H17F3N4O2. The number of carbonyl (C=O) groups is 2. The highest BCUT2D eigenvalue weighted by molar-refractivity contribution is 6.09. The number of primary amides is 1. The third-order valence-corrected chi connectivity index (χ3v) is 4.97. The number of hydrogen-bond acceptors (Lipinski definition) is 4. The monoisotopic (exact) mass is 426 g/mol. The molecule has 0 spiro atoms. The van der Waals surface area contributed by atoms with Gasteiger partial charge in [-0.15, -0.1) is 0 Å². The minimum Gasteiger partial charge on any atom is -0.364 e. The normalized spacial score (nSPS) is 13.5. The summed E-state index contributed by atoms with van der Waals surface area (Å²) in [4.78, 5) is 34.6. The molecule has 1 aliphatic rings. The quantitative estimate of drug-likeness (QED) is 0.683. The lowest BCUT2D eigenvalue weighted by atomic mass is 10.1. The number of nitrogens with zero attached hydrogens (tertiary/aromatic N) is 3. The van der Waals surface area contributed by atoms with Crippen molar-refractivity contribution in [3.63, 3.8) is 0 Å². The largest absolute Gasteiger partial charge is 0.416 e. The van der Waals surface area contributed by atoms with E-state index in [9.17, 15) is 22.8 Å². The predicted octanol–water partition coefficient (Wildman–Crippen LogP) is 4.10. The first-order valence-corrected chi connectivity index (χ1v) is 9.34. The van der Waals surface area contributed by atoms with Crippen molar-refractivity contribution in [3.05, 3.63) is 70.4 Å². The molecule has 2 N–H and O–H groups in total. The standard InChI is InChI=1S/C22H17F3N4O2/c1-11-3-5-13(6-4-11)20-27-18(19(26)31)16-10-17(30)29(21(16)28-20)15-8-12(2)7-14(9-15)22(23,24)25/h3-9H,10H2,1-2H3,(H2,26,31). The van der Waals surface area contributed by atoms with Crippen LogP contribution >= 0.6 is 0 Å². The Balaban J connectivity index is 1.92. The highest BCUT2D eigenvalue weighted by atomic mass is 19.4. The van der Waals surface area contributed by atoms with Crippen LogP contribution in [0.4, 0.5) is 24.7 Å². The minimum atomic E-state index is -4.58. The van der Waals surface area contributed by atoms with Crippen molar-refractivity contribution in [1.82, 2.24) is 9.97 Å². The number of aryl methyl sites for hydroxylation is 2. The van der Waals surface area contributed by atoms with Crippen LogP contribution in [0.25, 0.3) is 11.4 Å². The Morgan fingerprint density at radius 3 is 2.32 bits per heavy atom. The van der Waals surface area contributed by atoms with E-state index in [0.29, 0.717) is 11.1 Å². The van der Waals surface area contributed by atoms with Gasteiger partial charge in [0, 0.05) is 11.1 Å². The zero-order chi connectivity index (χ0) is 22.5. The Kier molecular flexibility index (Phi) is 4.76. The van der Waals surface area contributed by atoms with E-state index in [1.807, 2.05) is 19.1 Å². The van der Waals surface area contributed by atoms with Crippen LogP contribution in [0.3, 0.4) is 0 Å². The van der Waals surface area contributed by atoms with Crippen LogP contribution in [0.2, 0.25) is 0 Å². The molecule has 4 rings (SSSR count). The molecule has 0 saturated carbocycles. The molecule has 1 aromatic heterocycles. The number of amides is 2. The Morgan fingerprint density at radius 2 is 1.71 bits per heavy atom. The Morgan fingerprint density at radius 1 is 1.03 bits per heavy atom. The van der Waals surface area contributed by atoms with Gasteiger partial charge >= 0.3 is 6.18 Å². The summed E-state index contributed by atoms with van der Waals surface area (Å²) in [7, 11) is 0. The highest BCUT2D eigenvalue weighted by Gasteiger charge is 2.37. The Labute approximate surface area is 175 Å². The lowest BCUT2D eigenvalue weighted by Gasteiger charge is -2.20. The number of aromatic nitrogens is 2. The second-order valence-electron chi connectivity index (χ2n) is 7.39. The first-order chi connectivity index (χ1) is 14.5. The maximum atomic E-state index is 13.3. The zero-order valence-corrected chi connectivity index (χ0v) is 16.6. The average Bonchev–Trinajstić information content (AvgIpc) is 3.02. The summed E-state index contributed by atoms with van der Waals surface area (Å²) in [5.74, 6) is -1.16. The molecule has 0 aliphatic carbocycles. The van der Waals surface area contributed by atoms with Gasteiger partial charge < -0.3 is 5.73 Å². The highest BCUT2D eigenvalue weighted by Crippen LogP contribution is 2.39. The molecule has 158 valence electrons. The molecule has 6 nitrogen and oxygen atoms in total. The number of halogens is 3. The van der Waals surface area contributed by atoms with E-state index >= 15 is 0 Å². The molecule has 9 heteroatoms. The third-order valence-electron chi connectivity index (χ3n) is 4.97. The molecule has 0 bridgehead atoms. The SMILES string of the molecule is Cc1ccc(-c2nc(C(N)=O)c3c(n2)N(c2cc(C)cc(C(F)(F)F)c2)C(=O)C3)cc1. The Bertz CT molecular complexity index is 1220. The summed E-state index contributed by atoms with van der Waals surface area (Å²) in [6, 6.07) is 10.5. The van der Waals surface area contributed by atoms with Gasteiger partial charge in [-0.3, -0.25) is 14.5 Å². The molecule has 2 heterocycles. The van der Waals surface area contributed by atoms with E-state index in [4.69, 9.17) is 5.73 Å². The lowest BCUT2D eigenvalue weighted by molar-refractivity contribution is -0.137. The van der Waals surface area contributed by atoms with Gasteiger partial charge in [0.2, 0.25) is 5.91 Å². The number of alkyl halides is 3. The predicted molar refractivity (Wildman–Crippen MR) is 108 cm³/mol. The van der Waals surface area contributed by atoms with Gasteiger partial charge in [0.25, 0.3) is 5.91 Å². The number of fused-ring (bicyclic) bond motifs is 1. The van der Waals surface area contributed by atoms with E-state index in [1.165, 1.54) is 13.0 Å². The van der Waals surface area contributed by atoms with Crippen LogP contribution in [0.1, 0.15) is 32.7 Å². The second kappa shape index (κ2) is 7.19.